The zero-order valence-electron chi connectivity index (χ0n) is 8.34. The van der Waals surface area contributed by atoms with Gasteiger partial charge in [-0.25, -0.2) is 0 Å². The van der Waals surface area contributed by atoms with E-state index in [-0.39, 0.29) is 6.61 Å². The largest absolute Gasteiger partial charge is 0.489 e. The van der Waals surface area contributed by atoms with Crippen LogP contribution >= 0.6 is 27.5 Å². The average Bonchev–Trinajstić information content (AvgIpc) is 2.20. The second kappa shape index (κ2) is 6.33. The molecule has 0 aliphatic carbocycles. The number of hydrogen-bond donors (Lipinski definition) is 2. The van der Waals surface area contributed by atoms with Crippen LogP contribution in [-0.2, 0) is 0 Å². The van der Waals surface area contributed by atoms with Gasteiger partial charge in [0.25, 0.3) is 0 Å². The Morgan fingerprint density at radius 2 is 2.33 bits per heavy atom. The maximum absolute atomic E-state index is 9.43. The number of nitrogens with one attached hydrogen (secondary N) is 1. The third kappa shape index (κ3) is 4.38. The molecule has 0 aliphatic rings. The standard InChI is InChI=1S/C10H13BrClNO2/c1-13-5-8(14)6-15-10-4-7(11)2-3-9(10)12/h2-4,8,13-14H,5-6H2,1H3. The first-order chi connectivity index (χ1) is 7.13. The summed E-state index contributed by atoms with van der Waals surface area (Å²) in [6.07, 6.45) is -0.537. The van der Waals surface area contributed by atoms with Gasteiger partial charge in [-0.05, 0) is 25.2 Å². The minimum absolute atomic E-state index is 0.219. The second-order valence-electron chi connectivity index (χ2n) is 3.10. The fourth-order valence-corrected chi connectivity index (χ4v) is 1.58. The van der Waals surface area contributed by atoms with Gasteiger partial charge >= 0.3 is 0 Å². The van der Waals surface area contributed by atoms with E-state index in [2.05, 4.69) is 21.2 Å². The first kappa shape index (κ1) is 12.8. The van der Waals surface area contributed by atoms with Crippen molar-refractivity contribution in [2.75, 3.05) is 20.2 Å². The number of aliphatic hydroxyl groups excluding tert-OH is 1. The first-order valence-corrected chi connectivity index (χ1v) is 5.71. The molecule has 0 amide bonds. The molecule has 0 spiro atoms. The maximum atomic E-state index is 9.43. The molecule has 3 nitrogen and oxygen atoms in total. The molecule has 5 heteroatoms. The monoisotopic (exact) mass is 293 g/mol. The highest BCUT2D eigenvalue weighted by Gasteiger charge is 2.06. The fourth-order valence-electron chi connectivity index (χ4n) is 1.07. The molecular weight excluding hydrogens is 281 g/mol. The quantitative estimate of drug-likeness (QED) is 0.873. The van der Waals surface area contributed by atoms with Crippen LogP contribution in [0.2, 0.25) is 5.02 Å². The summed E-state index contributed by atoms with van der Waals surface area (Å²) in [5.41, 5.74) is 0. The minimum Gasteiger partial charge on any atom is -0.489 e. The van der Waals surface area contributed by atoms with Gasteiger partial charge in [-0.3, -0.25) is 0 Å². The molecule has 1 atom stereocenters. The van der Waals surface area contributed by atoms with Crippen molar-refractivity contribution in [2.24, 2.45) is 0 Å². The molecule has 0 saturated heterocycles. The minimum atomic E-state index is -0.537. The lowest BCUT2D eigenvalue weighted by molar-refractivity contribution is 0.108. The second-order valence-corrected chi connectivity index (χ2v) is 4.42. The van der Waals surface area contributed by atoms with E-state index in [4.69, 9.17) is 16.3 Å². The number of hydrogen-bond acceptors (Lipinski definition) is 3. The van der Waals surface area contributed by atoms with Crippen molar-refractivity contribution in [2.45, 2.75) is 6.10 Å². The number of halogens is 2. The predicted octanol–water partition coefficient (Wildman–Crippen LogP) is 2.06. The maximum Gasteiger partial charge on any atom is 0.139 e. The van der Waals surface area contributed by atoms with Crippen LogP contribution in [0, 0.1) is 0 Å². The molecule has 0 radical (unpaired) electrons. The zero-order chi connectivity index (χ0) is 11.3. The SMILES string of the molecule is CNCC(O)COc1cc(Br)ccc1Cl. The summed E-state index contributed by atoms with van der Waals surface area (Å²) in [6.45, 7) is 0.711. The van der Waals surface area contributed by atoms with Crippen LogP contribution in [0.15, 0.2) is 22.7 Å². The summed E-state index contributed by atoms with van der Waals surface area (Å²) >= 11 is 9.23. The Bertz CT molecular complexity index is 322. The van der Waals surface area contributed by atoms with Crippen molar-refractivity contribution in [3.8, 4) is 5.75 Å². The summed E-state index contributed by atoms with van der Waals surface area (Å²) in [4.78, 5) is 0. The Kier molecular flexibility index (Phi) is 5.39. The highest BCUT2D eigenvalue weighted by Crippen LogP contribution is 2.27. The van der Waals surface area contributed by atoms with Crippen molar-refractivity contribution < 1.29 is 9.84 Å². The molecule has 0 aromatic heterocycles. The van der Waals surface area contributed by atoms with Crippen molar-refractivity contribution in [1.82, 2.24) is 5.32 Å². The molecule has 0 saturated carbocycles. The van der Waals surface area contributed by atoms with Crippen LogP contribution < -0.4 is 10.1 Å². The molecule has 0 bridgehead atoms. The lowest BCUT2D eigenvalue weighted by Crippen LogP contribution is -2.29. The zero-order valence-corrected chi connectivity index (χ0v) is 10.7. The Morgan fingerprint density at radius 1 is 1.60 bits per heavy atom. The van der Waals surface area contributed by atoms with Gasteiger partial charge in [0, 0.05) is 11.0 Å². The Hall–Kier alpha value is -0.290. The van der Waals surface area contributed by atoms with Gasteiger partial charge in [-0.2, -0.15) is 0 Å². The molecule has 0 heterocycles. The summed E-state index contributed by atoms with van der Waals surface area (Å²) in [6, 6.07) is 5.35. The van der Waals surface area contributed by atoms with Crippen molar-refractivity contribution >= 4 is 27.5 Å². The summed E-state index contributed by atoms with van der Waals surface area (Å²) in [5, 5.41) is 12.8. The number of benzene rings is 1. The topological polar surface area (TPSA) is 41.5 Å². The first-order valence-electron chi connectivity index (χ1n) is 4.54. The van der Waals surface area contributed by atoms with E-state index in [0.717, 1.165) is 4.47 Å². The predicted molar refractivity (Wildman–Crippen MR) is 64.6 cm³/mol. The van der Waals surface area contributed by atoms with Crippen molar-refractivity contribution in [1.29, 1.82) is 0 Å². The lowest BCUT2D eigenvalue weighted by Gasteiger charge is -2.12. The van der Waals surface area contributed by atoms with Crippen molar-refractivity contribution in [3.63, 3.8) is 0 Å². The van der Waals surface area contributed by atoms with E-state index < -0.39 is 6.10 Å². The number of rotatable bonds is 5. The van der Waals surface area contributed by atoms with E-state index >= 15 is 0 Å². The highest BCUT2D eigenvalue weighted by atomic mass is 79.9. The van der Waals surface area contributed by atoms with Crippen LogP contribution in [0.4, 0.5) is 0 Å². The smallest absolute Gasteiger partial charge is 0.139 e. The van der Waals surface area contributed by atoms with Gasteiger partial charge in [0.1, 0.15) is 18.5 Å². The van der Waals surface area contributed by atoms with Crippen LogP contribution in [0.5, 0.6) is 5.75 Å². The molecule has 0 fully saturated rings. The molecule has 1 aromatic rings. The van der Waals surface area contributed by atoms with Crippen LogP contribution in [-0.4, -0.2) is 31.4 Å². The molecule has 1 unspecified atom stereocenters. The molecule has 15 heavy (non-hydrogen) atoms. The molecule has 2 N–H and O–H groups in total. The summed E-state index contributed by atoms with van der Waals surface area (Å²) in [5.74, 6) is 0.571. The van der Waals surface area contributed by atoms with E-state index in [0.29, 0.717) is 17.3 Å². The Balaban J connectivity index is 2.53. The number of likely N-dealkylation sites (N-methyl/N-ethyl adjacent to an activating group) is 1. The highest BCUT2D eigenvalue weighted by molar-refractivity contribution is 9.10. The van der Waals surface area contributed by atoms with E-state index in [1.165, 1.54) is 0 Å². The lowest BCUT2D eigenvalue weighted by atomic mass is 10.3. The number of aliphatic hydroxyl groups is 1. The van der Waals surface area contributed by atoms with Crippen LogP contribution in [0.3, 0.4) is 0 Å². The van der Waals surface area contributed by atoms with Crippen LogP contribution in [0.1, 0.15) is 0 Å². The number of ether oxygens (including phenoxy) is 1. The van der Waals surface area contributed by atoms with E-state index in [1.807, 2.05) is 6.07 Å². The summed E-state index contributed by atoms with van der Waals surface area (Å²) in [7, 11) is 1.77. The van der Waals surface area contributed by atoms with Gasteiger partial charge in [0.05, 0.1) is 5.02 Å². The van der Waals surface area contributed by atoms with Gasteiger partial charge in [-0.1, -0.05) is 27.5 Å². The third-order valence-corrected chi connectivity index (χ3v) is 2.57. The fraction of sp³-hybridized carbons (Fsp3) is 0.400. The van der Waals surface area contributed by atoms with Gasteiger partial charge in [0.15, 0.2) is 0 Å². The average molecular weight is 295 g/mol. The van der Waals surface area contributed by atoms with E-state index in [1.54, 1.807) is 19.2 Å². The molecule has 1 rings (SSSR count). The van der Waals surface area contributed by atoms with Gasteiger partial charge in [-0.15, -0.1) is 0 Å². The van der Waals surface area contributed by atoms with Crippen LogP contribution in [0.25, 0.3) is 0 Å². The van der Waals surface area contributed by atoms with Gasteiger partial charge < -0.3 is 15.2 Å². The molecular formula is C10H13BrClNO2. The summed E-state index contributed by atoms with van der Waals surface area (Å²) < 4.78 is 6.27. The molecule has 1 aromatic carbocycles. The van der Waals surface area contributed by atoms with Crippen molar-refractivity contribution in [3.05, 3.63) is 27.7 Å². The Labute approximate surface area is 103 Å². The molecule has 84 valence electrons. The normalized spacial score (nSPS) is 12.5. The molecule has 0 aliphatic heterocycles. The van der Waals surface area contributed by atoms with Gasteiger partial charge in [0.2, 0.25) is 0 Å². The Morgan fingerprint density at radius 3 is 3.00 bits per heavy atom. The van der Waals surface area contributed by atoms with E-state index in [9.17, 15) is 5.11 Å². The third-order valence-electron chi connectivity index (χ3n) is 1.76.